The van der Waals surface area contributed by atoms with Crippen LogP contribution < -0.4 is 15.8 Å². The van der Waals surface area contributed by atoms with Crippen LogP contribution in [0, 0.1) is 0 Å². The molecule has 7 heteroatoms. The van der Waals surface area contributed by atoms with Crippen molar-refractivity contribution in [3.05, 3.63) is 28.8 Å². The predicted octanol–water partition coefficient (Wildman–Crippen LogP) is 1.60. The number of ether oxygens (including phenoxy) is 3. The summed E-state index contributed by atoms with van der Waals surface area (Å²) in [5.41, 5.74) is 5.89. The molecule has 0 aliphatic carbocycles. The van der Waals surface area contributed by atoms with E-state index in [-0.39, 0.29) is 18.1 Å². The van der Waals surface area contributed by atoms with Crippen LogP contribution in [-0.4, -0.2) is 51.0 Å². The van der Waals surface area contributed by atoms with Gasteiger partial charge >= 0.3 is 0 Å². The smallest absolute Gasteiger partial charge is 0.251 e. The van der Waals surface area contributed by atoms with Crippen molar-refractivity contribution >= 4 is 17.5 Å². The molecule has 2 atom stereocenters. The number of carbonyl (C=O) groups is 1. The zero-order chi connectivity index (χ0) is 16.7. The van der Waals surface area contributed by atoms with Crippen LogP contribution in [-0.2, 0) is 9.47 Å². The number of hydrogen-bond donors (Lipinski definition) is 2. The van der Waals surface area contributed by atoms with Crippen LogP contribution in [0.25, 0.3) is 0 Å². The number of halogens is 1. The first-order valence-electron chi connectivity index (χ1n) is 7.78. The molecule has 0 aromatic heterocycles. The molecule has 1 saturated heterocycles. The molecule has 1 aliphatic heterocycles. The van der Waals surface area contributed by atoms with Crippen LogP contribution in [0.1, 0.15) is 23.7 Å². The lowest BCUT2D eigenvalue weighted by molar-refractivity contribution is 0.0402. The van der Waals surface area contributed by atoms with Gasteiger partial charge in [0.25, 0.3) is 5.91 Å². The van der Waals surface area contributed by atoms with Gasteiger partial charge in [-0.2, -0.15) is 0 Å². The van der Waals surface area contributed by atoms with E-state index >= 15 is 0 Å². The van der Waals surface area contributed by atoms with Gasteiger partial charge in [-0.3, -0.25) is 4.79 Å². The fourth-order valence-corrected chi connectivity index (χ4v) is 2.56. The Kier molecular flexibility index (Phi) is 7.11. The standard InChI is InChI=1S/C16H23ClN2O4/c1-2-22-15-10-21-9-13(15)19-16(20)11-4-5-14(12(17)8-11)23-7-3-6-18/h4-5,8,13,15H,2-3,6-7,9-10,18H2,1H3,(H,19,20)/t13-,15-/m1/s1. The van der Waals surface area contributed by atoms with E-state index in [1.165, 1.54) is 0 Å². The molecule has 128 valence electrons. The molecule has 1 aromatic rings. The minimum atomic E-state index is -0.208. The number of nitrogens with two attached hydrogens (primary N) is 1. The van der Waals surface area contributed by atoms with E-state index in [1.54, 1.807) is 18.2 Å². The lowest BCUT2D eigenvalue weighted by Gasteiger charge is -2.19. The molecule has 0 radical (unpaired) electrons. The van der Waals surface area contributed by atoms with Gasteiger partial charge in [0.15, 0.2) is 0 Å². The molecule has 23 heavy (non-hydrogen) atoms. The number of hydrogen-bond acceptors (Lipinski definition) is 5. The van der Waals surface area contributed by atoms with Crippen molar-refractivity contribution in [3.63, 3.8) is 0 Å². The van der Waals surface area contributed by atoms with Gasteiger partial charge in [-0.15, -0.1) is 0 Å². The van der Waals surface area contributed by atoms with Crippen molar-refractivity contribution in [2.24, 2.45) is 5.73 Å². The second-order valence-corrected chi connectivity index (χ2v) is 5.65. The number of carbonyl (C=O) groups excluding carboxylic acids is 1. The van der Waals surface area contributed by atoms with Crippen LogP contribution in [0.4, 0.5) is 0 Å². The summed E-state index contributed by atoms with van der Waals surface area (Å²) in [6.07, 6.45) is 0.636. The third-order valence-corrected chi connectivity index (χ3v) is 3.82. The van der Waals surface area contributed by atoms with Crippen molar-refractivity contribution < 1.29 is 19.0 Å². The second-order valence-electron chi connectivity index (χ2n) is 5.25. The lowest BCUT2D eigenvalue weighted by Crippen LogP contribution is -2.43. The fraction of sp³-hybridized carbons (Fsp3) is 0.562. The fourth-order valence-electron chi connectivity index (χ4n) is 2.32. The summed E-state index contributed by atoms with van der Waals surface area (Å²) in [6, 6.07) is 4.82. The van der Waals surface area contributed by atoms with Gasteiger partial charge in [0.2, 0.25) is 0 Å². The van der Waals surface area contributed by atoms with Gasteiger partial charge in [-0.05, 0) is 38.1 Å². The van der Waals surface area contributed by atoms with E-state index < -0.39 is 0 Å². The Morgan fingerprint density at radius 3 is 3.00 bits per heavy atom. The maximum Gasteiger partial charge on any atom is 0.251 e. The Morgan fingerprint density at radius 1 is 1.48 bits per heavy atom. The van der Waals surface area contributed by atoms with Crippen molar-refractivity contribution in [1.29, 1.82) is 0 Å². The average molecular weight is 343 g/mol. The second kappa shape index (κ2) is 9.08. The summed E-state index contributed by atoms with van der Waals surface area (Å²) < 4.78 is 16.4. The third kappa shape index (κ3) is 5.07. The van der Waals surface area contributed by atoms with Crippen LogP contribution in [0.3, 0.4) is 0 Å². The van der Waals surface area contributed by atoms with E-state index in [0.29, 0.717) is 49.3 Å². The molecule has 1 amide bonds. The largest absolute Gasteiger partial charge is 0.492 e. The summed E-state index contributed by atoms with van der Waals surface area (Å²) in [5, 5.41) is 3.33. The maximum atomic E-state index is 12.3. The van der Waals surface area contributed by atoms with Crippen LogP contribution in [0.2, 0.25) is 5.02 Å². The predicted molar refractivity (Wildman–Crippen MR) is 88.1 cm³/mol. The zero-order valence-electron chi connectivity index (χ0n) is 13.2. The minimum absolute atomic E-state index is 0.113. The summed E-state index contributed by atoms with van der Waals surface area (Å²) in [4.78, 5) is 12.3. The SMILES string of the molecule is CCO[C@@H]1COC[C@H]1NC(=O)c1ccc(OCCCN)c(Cl)c1. The van der Waals surface area contributed by atoms with Crippen LogP contribution in [0.5, 0.6) is 5.75 Å². The van der Waals surface area contributed by atoms with Gasteiger partial charge in [-0.1, -0.05) is 11.6 Å². The zero-order valence-corrected chi connectivity index (χ0v) is 14.0. The third-order valence-electron chi connectivity index (χ3n) is 3.53. The van der Waals surface area contributed by atoms with Gasteiger partial charge < -0.3 is 25.3 Å². The summed E-state index contributed by atoms with van der Waals surface area (Å²) in [6.45, 7) is 4.50. The molecule has 0 saturated carbocycles. The van der Waals surface area contributed by atoms with Crippen molar-refractivity contribution in [2.45, 2.75) is 25.5 Å². The Bertz CT molecular complexity index is 527. The molecule has 0 unspecified atom stereocenters. The molecule has 1 heterocycles. The van der Waals surface area contributed by atoms with Crippen LogP contribution in [0.15, 0.2) is 18.2 Å². The number of benzene rings is 1. The van der Waals surface area contributed by atoms with Crippen molar-refractivity contribution in [2.75, 3.05) is 33.0 Å². The van der Waals surface area contributed by atoms with E-state index in [1.807, 2.05) is 6.92 Å². The average Bonchev–Trinajstić information content (AvgIpc) is 2.96. The molecular formula is C16H23ClN2O4. The van der Waals surface area contributed by atoms with Crippen molar-refractivity contribution in [1.82, 2.24) is 5.32 Å². The lowest BCUT2D eigenvalue weighted by atomic mass is 10.1. The Labute approximate surface area is 141 Å². The van der Waals surface area contributed by atoms with Crippen LogP contribution >= 0.6 is 11.6 Å². The van der Waals surface area contributed by atoms with E-state index in [2.05, 4.69) is 5.32 Å². The molecule has 0 bridgehead atoms. The number of amides is 1. The summed E-state index contributed by atoms with van der Waals surface area (Å²) >= 11 is 6.16. The minimum Gasteiger partial charge on any atom is -0.492 e. The first kappa shape index (κ1) is 18.0. The van der Waals surface area contributed by atoms with E-state index in [9.17, 15) is 4.79 Å². The molecule has 1 aromatic carbocycles. The number of rotatable bonds is 8. The number of nitrogens with one attached hydrogen (secondary N) is 1. The maximum absolute atomic E-state index is 12.3. The highest BCUT2D eigenvalue weighted by Gasteiger charge is 2.30. The molecular weight excluding hydrogens is 320 g/mol. The highest BCUT2D eigenvalue weighted by atomic mass is 35.5. The Morgan fingerprint density at radius 2 is 2.30 bits per heavy atom. The summed E-state index contributed by atoms with van der Waals surface area (Å²) in [7, 11) is 0. The summed E-state index contributed by atoms with van der Waals surface area (Å²) in [5.74, 6) is 0.341. The highest BCUT2D eigenvalue weighted by molar-refractivity contribution is 6.32. The van der Waals surface area contributed by atoms with Gasteiger partial charge in [0, 0.05) is 12.2 Å². The highest BCUT2D eigenvalue weighted by Crippen LogP contribution is 2.25. The monoisotopic (exact) mass is 342 g/mol. The topological polar surface area (TPSA) is 82.8 Å². The molecule has 1 aliphatic rings. The molecule has 3 N–H and O–H groups in total. The first-order chi connectivity index (χ1) is 11.2. The van der Waals surface area contributed by atoms with Crippen molar-refractivity contribution in [3.8, 4) is 5.75 Å². The Balaban J connectivity index is 1.95. The first-order valence-corrected chi connectivity index (χ1v) is 8.16. The Hall–Kier alpha value is -1.34. The molecule has 1 fully saturated rings. The molecule has 2 rings (SSSR count). The van der Waals surface area contributed by atoms with E-state index in [0.717, 1.165) is 6.42 Å². The van der Waals surface area contributed by atoms with Gasteiger partial charge in [0.1, 0.15) is 11.9 Å². The van der Waals surface area contributed by atoms with Gasteiger partial charge in [0.05, 0.1) is 30.9 Å². The van der Waals surface area contributed by atoms with E-state index in [4.69, 9.17) is 31.5 Å². The molecule has 6 nitrogen and oxygen atoms in total. The normalized spacial score (nSPS) is 20.5. The quantitative estimate of drug-likeness (QED) is 0.701. The molecule has 0 spiro atoms. The van der Waals surface area contributed by atoms with Gasteiger partial charge in [-0.25, -0.2) is 0 Å².